The predicted molar refractivity (Wildman–Crippen MR) is 25.4 cm³/mol. The van der Waals surface area contributed by atoms with Crippen LogP contribution in [0.3, 0.4) is 0 Å². The molecule has 1 amide bonds. The number of nitrogens with one attached hydrogen (secondary N) is 1. The molecule has 1 fully saturated rings. The SMILES string of the molecule is CC1NC(F)C(=O)N1F. The third kappa shape index (κ3) is 0.873. The molecular weight excluding hydrogens is 130 g/mol. The van der Waals surface area contributed by atoms with Crippen LogP contribution >= 0.6 is 0 Å². The second-order valence-electron chi connectivity index (χ2n) is 1.85. The van der Waals surface area contributed by atoms with Crippen molar-refractivity contribution in [2.24, 2.45) is 0 Å². The van der Waals surface area contributed by atoms with Gasteiger partial charge in [-0.3, -0.25) is 10.1 Å². The summed E-state index contributed by atoms with van der Waals surface area (Å²) in [5, 5.41) is 1.89. The van der Waals surface area contributed by atoms with Crippen LogP contribution in [-0.4, -0.2) is 23.5 Å². The summed E-state index contributed by atoms with van der Waals surface area (Å²) in [4.78, 5) is 10.2. The standard InChI is InChI=1S/C4H6F2N2O/c1-2-7-3(5)4(9)8(2)6/h2-3,7H,1H3. The number of halogens is 2. The molecule has 0 saturated carbocycles. The summed E-state index contributed by atoms with van der Waals surface area (Å²) in [6, 6.07) is 0. The maximum atomic E-state index is 12.1. The van der Waals surface area contributed by atoms with Gasteiger partial charge in [-0.05, 0) is 6.92 Å². The van der Waals surface area contributed by atoms with Gasteiger partial charge >= 0.3 is 5.91 Å². The van der Waals surface area contributed by atoms with E-state index in [-0.39, 0.29) is 5.12 Å². The second-order valence-corrected chi connectivity index (χ2v) is 1.85. The first-order valence-electron chi connectivity index (χ1n) is 2.52. The Balaban J connectivity index is 2.65. The van der Waals surface area contributed by atoms with Crippen LogP contribution in [0.15, 0.2) is 0 Å². The number of alkyl halides is 1. The summed E-state index contributed by atoms with van der Waals surface area (Å²) in [7, 11) is 0. The summed E-state index contributed by atoms with van der Waals surface area (Å²) in [5.74, 6) is -1.15. The minimum atomic E-state index is -1.87. The van der Waals surface area contributed by atoms with Crippen LogP contribution in [0.5, 0.6) is 0 Å². The van der Waals surface area contributed by atoms with E-state index in [2.05, 4.69) is 5.32 Å². The number of hydrogen-bond acceptors (Lipinski definition) is 2. The maximum absolute atomic E-state index is 12.1. The van der Waals surface area contributed by atoms with Gasteiger partial charge in [0, 0.05) is 0 Å². The molecule has 9 heavy (non-hydrogen) atoms. The van der Waals surface area contributed by atoms with Gasteiger partial charge in [0.25, 0.3) is 0 Å². The first-order valence-corrected chi connectivity index (χ1v) is 2.52. The van der Waals surface area contributed by atoms with Crippen molar-refractivity contribution in [3.8, 4) is 0 Å². The van der Waals surface area contributed by atoms with Crippen molar-refractivity contribution in [1.82, 2.24) is 10.4 Å². The number of hydrogen-bond donors (Lipinski definition) is 1. The van der Waals surface area contributed by atoms with E-state index in [1.165, 1.54) is 6.92 Å². The number of rotatable bonds is 0. The summed E-state index contributed by atoms with van der Waals surface area (Å²) in [5.41, 5.74) is 0. The first kappa shape index (κ1) is 6.41. The van der Waals surface area contributed by atoms with Gasteiger partial charge in [0.05, 0.1) is 0 Å². The van der Waals surface area contributed by atoms with Crippen LogP contribution in [0.1, 0.15) is 6.92 Å². The lowest BCUT2D eigenvalue weighted by atomic mass is 10.6. The van der Waals surface area contributed by atoms with Crippen molar-refractivity contribution in [3.05, 3.63) is 0 Å². The molecule has 1 N–H and O–H groups in total. The molecule has 1 heterocycles. The molecule has 1 aliphatic heterocycles. The molecule has 2 atom stereocenters. The van der Waals surface area contributed by atoms with E-state index in [4.69, 9.17) is 0 Å². The molecule has 0 aromatic carbocycles. The third-order valence-electron chi connectivity index (χ3n) is 1.15. The van der Waals surface area contributed by atoms with E-state index in [1.807, 2.05) is 0 Å². The Labute approximate surface area is 50.6 Å². The second kappa shape index (κ2) is 1.91. The molecule has 3 nitrogen and oxygen atoms in total. The highest BCUT2D eigenvalue weighted by atomic mass is 19.2. The Kier molecular flexibility index (Phi) is 1.36. The Morgan fingerprint density at radius 1 is 1.78 bits per heavy atom. The van der Waals surface area contributed by atoms with E-state index in [0.29, 0.717) is 0 Å². The Morgan fingerprint density at radius 3 is 2.44 bits per heavy atom. The average Bonchev–Trinajstić information content (AvgIpc) is 1.98. The third-order valence-corrected chi connectivity index (χ3v) is 1.15. The molecule has 2 unspecified atom stereocenters. The van der Waals surface area contributed by atoms with E-state index in [9.17, 15) is 13.7 Å². The Bertz CT molecular complexity index is 141. The molecule has 1 rings (SSSR count). The molecule has 52 valence electrons. The lowest BCUT2D eigenvalue weighted by Gasteiger charge is -2.05. The molecule has 0 spiro atoms. The number of carbonyl (C=O) groups is 1. The lowest BCUT2D eigenvalue weighted by molar-refractivity contribution is -0.147. The fraction of sp³-hybridized carbons (Fsp3) is 0.750. The zero-order valence-electron chi connectivity index (χ0n) is 4.77. The van der Waals surface area contributed by atoms with E-state index >= 15 is 0 Å². The summed E-state index contributed by atoms with van der Waals surface area (Å²) in [6.07, 6.45) is -2.71. The van der Waals surface area contributed by atoms with Crippen molar-refractivity contribution in [3.63, 3.8) is 0 Å². The van der Waals surface area contributed by atoms with Gasteiger partial charge in [-0.2, -0.15) is 5.12 Å². The van der Waals surface area contributed by atoms with Crippen molar-refractivity contribution >= 4 is 5.91 Å². The molecule has 0 radical (unpaired) electrons. The summed E-state index contributed by atoms with van der Waals surface area (Å²) in [6.45, 7) is 1.36. The van der Waals surface area contributed by atoms with Crippen LogP contribution < -0.4 is 5.32 Å². The Morgan fingerprint density at radius 2 is 2.33 bits per heavy atom. The first-order chi connectivity index (χ1) is 4.13. The maximum Gasteiger partial charge on any atom is 0.301 e. The largest absolute Gasteiger partial charge is 0.301 e. The predicted octanol–water partition coefficient (Wildman–Crippen LogP) is -0.0557. The molecule has 1 aliphatic rings. The minimum Gasteiger partial charge on any atom is -0.267 e. The van der Waals surface area contributed by atoms with Crippen molar-refractivity contribution in [2.45, 2.75) is 19.4 Å². The summed E-state index contributed by atoms with van der Waals surface area (Å²) >= 11 is 0. The number of carbonyl (C=O) groups excluding carboxylic acids is 1. The lowest BCUT2D eigenvalue weighted by Crippen LogP contribution is -2.27. The normalized spacial score (nSPS) is 35.9. The van der Waals surface area contributed by atoms with Crippen LogP contribution in [0.4, 0.5) is 8.87 Å². The highest BCUT2D eigenvalue weighted by molar-refractivity contribution is 5.81. The van der Waals surface area contributed by atoms with Crippen molar-refractivity contribution < 1.29 is 13.7 Å². The van der Waals surface area contributed by atoms with Crippen molar-refractivity contribution in [1.29, 1.82) is 0 Å². The highest BCUT2D eigenvalue weighted by Crippen LogP contribution is 2.10. The van der Waals surface area contributed by atoms with E-state index in [1.54, 1.807) is 0 Å². The molecule has 0 bridgehead atoms. The van der Waals surface area contributed by atoms with Crippen LogP contribution in [0, 0.1) is 0 Å². The highest BCUT2D eigenvalue weighted by Gasteiger charge is 2.37. The molecule has 0 aromatic heterocycles. The van der Waals surface area contributed by atoms with Crippen LogP contribution in [-0.2, 0) is 4.79 Å². The van der Waals surface area contributed by atoms with Gasteiger partial charge in [-0.1, -0.05) is 4.48 Å². The van der Waals surface area contributed by atoms with Gasteiger partial charge < -0.3 is 0 Å². The summed E-state index contributed by atoms with van der Waals surface area (Å²) < 4.78 is 24.2. The van der Waals surface area contributed by atoms with E-state index < -0.39 is 18.4 Å². The average molecular weight is 136 g/mol. The molecular formula is C4H6F2N2O. The number of nitrogens with zero attached hydrogens (tertiary/aromatic N) is 1. The minimum absolute atomic E-state index is 0.162. The monoisotopic (exact) mass is 136 g/mol. The molecule has 1 saturated heterocycles. The van der Waals surface area contributed by atoms with Crippen LogP contribution in [0.2, 0.25) is 0 Å². The van der Waals surface area contributed by atoms with E-state index in [0.717, 1.165) is 0 Å². The fourth-order valence-electron chi connectivity index (χ4n) is 0.648. The zero-order chi connectivity index (χ0) is 7.02. The van der Waals surface area contributed by atoms with Crippen LogP contribution in [0.25, 0.3) is 0 Å². The van der Waals surface area contributed by atoms with Gasteiger partial charge in [0.2, 0.25) is 6.30 Å². The topological polar surface area (TPSA) is 32.3 Å². The quantitative estimate of drug-likeness (QED) is 0.374. The van der Waals surface area contributed by atoms with Gasteiger partial charge in [0.15, 0.2) is 0 Å². The molecule has 0 aliphatic carbocycles. The molecule has 5 heteroatoms. The van der Waals surface area contributed by atoms with Crippen molar-refractivity contribution in [2.75, 3.05) is 0 Å². The zero-order valence-corrected chi connectivity index (χ0v) is 4.77. The van der Waals surface area contributed by atoms with Gasteiger partial charge in [-0.15, -0.1) is 0 Å². The smallest absolute Gasteiger partial charge is 0.267 e. The van der Waals surface area contributed by atoms with Gasteiger partial charge in [0.1, 0.15) is 6.17 Å². The number of amides is 1. The Hall–Kier alpha value is -0.710. The fourth-order valence-corrected chi connectivity index (χ4v) is 0.648. The molecule has 0 aromatic rings. The van der Waals surface area contributed by atoms with Gasteiger partial charge in [-0.25, -0.2) is 4.39 Å².